The summed E-state index contributed by atoms with van der Waals surface area (Å²) in [5.74, 6) is -2.31. The van der Waals surface area contributed by atoms with E-state index >= 15 is 0 Å². The molecule has 2 fully saturated rings. The molecule has 1 saturated heterocycles. The lowest BCUT2D eigenvalue weighted by Crippen LogP contribution is -2.43. The van der Waals surface area contributed by atoms with E-state index < -0.39 is 17.8 Å². The van der Waals surface area contributed by atoms with Gasteiger partial charge in [-0.25, -0.2) is 5.48 Å². The van der Waals surface area contributed by atoms with Crippen LogP contribution in [0.2, 0.25) is 0 Å². The van der Waals surface area contributed by atoms with Crippen molar-refractivity contribution in [2.75, 3.05) is 12.0 Å². The maximum Gasteiger partial charge on any atom is 0.247 e. The molecule has 122 valence electrons. The predicted molar refractivity (Wildman–Crippen MR) is 83.0 cm³/mol. The van der Waals surface area contributed by atoms with Crippen LogP contribution in [0.4, 0.5) is 5.69 Å². The highest BCUT2D eigenvalue weighted by atomic mass is 16.6. The highest BCUT2D eigenvalue weighted by molar-refractivity contribution is 6.23. The SMILES string of the molecule is CONC(=O)[C@@H]1CC[C@H](C)[C@H]2C(=O)N(c3ccccc3)C(=O)[C@H]21. The van der Waals surface area contributed by atoms with Crippen LogP contribution >= 0.6 is 0 Å². The smallest absolute Gasteiger partial charge is 0.247 e. The van der Waals surface area contributed by atoms with Crippen LogP contribution in [0.15, 0.2) is 30.3 Å². The zero-order valence-electron chi connectivity index (χ0n) is 13.2. The van der Waals surface area contributed by atoms with E-state index in [0.717, 1.165) is 6.42 Å². The molecule has 0 unspecified atom stereocenters. The molecule has 1 aliphatic carbocycles. The number of fused-ring (bicyclic) bond motifs is 1. The quantitative estimate of drug-likeness (QED) is 0.677. The number of anilines is 1. The van der Waals surface area contributed by atoms with Crippen LogP contribution in [-0.2, 0) is 19.2 Å². The van der Waals surface area contributed by atoms with Gasteiger partial charge in [-0.05, 0) is 30.9 Å². The average Bonchev–Trinajstić information content (AvgIpc) is 2.81. The third-order valence-electron chi connectivity index (χ3n) is 4.93. The predicted octanol–water partition coefficient (Wildman–Crippen LogP) is 1.52. The number of rotatable bonds is 3. The second-order valence-electron chi connectivity index (χ2n) is 6.23. The van der Waals surface area contributed by atoms with Crippen molar-refractivity contribution in [2.24, 2.45) is 23.7 Å². The number of hydroxylamine groups is 1. The van der Waals surface area contributed by atoms with Gasteiger partial charge in [0.05, 0.1) is 30.6 Å². The molecule has 2 aliphatic rings. The van der Waals surface area contributed by atoms with E-state index in [0.29, 0.717) is 12.1 Å². The number of nitrogens with zero attached hydrogens (tertiary/aromatic N) is 1. The topological polar surface area (TPSA) is 75.7 Å². The zero-order valence-corrected chi connectivity index (χ0v) is 13.2. The van der Waals surface area contributed by atoms with Crippen molar-refractivity contribution in [3.63, 3.8) is 0 Å². The molecule has 6 nitrogen and oxygen atoms in total. The van der Waals surface area contributed by atoms with Crippen molar-refractivity contribution in [1.82, 2.24) is 5.48 Å². The summed E-state index contributed by atoms with van der Waals surface area (Å²) in [5.41, 5.74) is 2.88. The Kier molecular flexibility index (Phi) is 4.17. The van der Waals surface area contributed by atoms with E-state index in [4.69, 9.17) is 4.84 Å². The van der Waals surface area contributed by atoms with Gasteiger partial charge < -0.3 is 0 Å². The fourth-order valence-corrected chi connectivity index (χ4v) is 3.84. The van der Waals surface area contributed by atoms with Gasteiger partial charge in [-0.3, -0.25) is 24.1 Å². The number of benzene rings is 1. The van der Waals surface area contributed by atoms with E-state index in [1.807, 2.05) is 13.0 Å². The molecule has 0 radical (unpaired) electrons. The first-order valence-corrected chi connectivity index (χ1v) is 7.82. The van der Waals surface area contributed by atoms with Gasteiger partial charge in [0.2, 0.25) is 17.7 Å². The number of carbonyl (C=O) groups excluding carboxylic acids is 3. The highest BCUT2D eigenvalue weighted by Gasteiger charge is 2.56. The number of carbonyl (C=O) groups is 3. The fraction of sp³-hybridized carbons (Fsp3) is 0.471. The van der Waals surface area contributed by atoms with Crippen molar-refractivity contribution < 1.29 is 19.2 Å². The number of amides is 3. The molecule has 1 aromatic carbocycles. The number of para-hydroxylation sites is 1. The van der Waals surface area contributed by atoms with Crippen LogP contribution in [0.5, 0.6) is 0 Å². The molecule has 23 heavy (non-hydrogen) atoms. The van der Waals surface area contributed by atoms with E-state index in [-0.39, 0.29) is 23.6 Å². The Balaban J connectivity index is 1.96. The Morgan fingerprint density at radius 3 is 2.43 bits per heavy atom. The van der Waals surface area contributed by atoms with E-state index in [2.05, 4.69) is 5.48 Å². The average molecular weight is 316 g/mol. The van der Waals surface area contributed by atoms with Gasteiger partial charge in [-0.2, -0.15) is 0 Å². The third-order valence-corrected chi connectivity index (χ3v) is 4.93. The highest BCUT2D eigenvalue weighted by Crippen LogP contribution is 2.46. The summed E-state index contributed by atoms with van der Waals surface area (Å²) in [5, 5.41) is 0. The Bertz CT molecular complexity index is 631. The molecule has 4 atom stereocenters. The van der Waals surface area contributed by atoms with Crippen LogP contribution in [-0.4, -0.2) is 24.8 Å². The first-order valence-electron chi connectivity index (χ1n) is 7.82. The van der Waals surface area contributed by atoms with E-state index in [1.54, 1.807) is 24.3 Å². The summed E-state index contributed by atoms with van der Waals surface area (Å²) < 4.78 is 0. The summed E-state index contributed by atoms with van der Waals surface area (Å²) >= 11 is 0. The van der Waals surface area contributed by atoms with Gasteiger partial charge >= 0.3 is 0 Å². The van der Waals surface area contributed by atoms with Gasteiger partial charge in [0.25, 0.3) is 0 Å². The Morgan fingerprint density at radius 1 is 1.13 bits per heavy atom. The van der Waals surface area contributed by atoms with Crippen molar-refractivity contribution in [1.29, 1.82) is 0 Å². The number of hydrogen-bond acceptors (Lipinski definition) is 4. The largest absolute Gasteiger partial charge is 0.277 e. The van der Waals surface area contributed by atoms with Crippen LogP contribution in [0, 0.1) is 23.7 Å². The standard InChI is InChI=1S/C17H20N2O4/c1-10-8-9-12(15(20)18-23-2)14-13(10)16(21)19(17(14)22)11-6-4-3-5-7-11/h3-7,10,12-14H,8-9H2,1-2H3,(H,18,20)/t10-,12+,13+,14-/m0/s1. The fourth-order valence-electron chi connectivity index (χ4n) is 3.84. The van der Waals surface area contributed by atoms with Crippen LogP contribution in [0.1, 0.15) is 19.8 Å². The minimum Gasteiger partial charge on any atom is -0.277 e. The summed E-state index contributed by atoms with van der Waals surface area (Å²) in [7, 11) is 1.36. The Morgan fingerprint density at radius 2 is 1.78 bits per heavy atom. The van der Waals surface area contributed by atoms with Crippen molar-refractivity contribution in [2.45, 2.75) is 19.8 Å². The summed E-state index contributed by atoms with van der Waals surface area (Å²) in [4.78, 5) is 43.9. The molecule has 1 aliphatic heterocycles. The minimum atomic E-state index is -0.610. The Labute approximate surface area is 134 Å². The van der Waals surface area contributed by atoms with Crippen molar-refractivity contribution in [3.8, 4) is 0 Å². The molecule has 1 N–H and O–H groups in total. The van der Waals surface area contributed by atoms with Crippen LogP contribution < -0.4 is 10.4 Å². The number of nitrogens with one attached hydrogen (secondary N) is 1. The molecule has 1 aromatic rings. The van der Waals surface area contributed by atoms with Gasteiger partial charge in [0.1, 0.15) is 0 Å². The third kappa shape index (κ3) is 2.53. The number of imide groups is 1. The molecule has 6 heteroatoms. The van der Waals surface area contributed by atoms with Crippen LogP contribution in [0.25, 0.3) is 0 Å². The lowest BCUT2D eigenvalue weighted by molar-refractivity contribution is -0.144. The molecule has 1 saturated carbocycles. The molecular weight excluding hydrogens is 296 g/mol. The summed E-state index contributed by atoms with van der Waals surface area (Å²) in [6.45, 7) is 1.97. The second-order valence-corrected chi connectivity index (χ2v) is 6.23. The first-order chi connectivity index (χ1) is 11.1. The maximum atomic E-state index is 12.9. The summed E-state index contributed by atoms with van der Waals surface area (Å²) in [6, 6.07) is 8.88. The molecule has 1 heterocycles. The molecule has 3 amide bonds. The Hall–Kier alpha value is -2.21. The maximum absolute atomic E-state index is 12.9. The molecule has 0 spiro atoms. The van der Waals surface area contributed by atoms with Crippen molar-refractivity contribution in [3.05, 3.63) is 30.3 Å². The number of hydrogen-bond donors (Lipinski definition) is 1. The van der Waals surface area contributed by atoms with Gasteiger partial charge in [-0.1, -0.05) is 25.1 Å². The molecule has 0 aromatic heterocycles. The van der Waals surface area contributed by atoms with Gasteiger partial charge in [0.15, 0.2) is 0 Å². The zero-order chi connectivity index (χ0) is 16.6. The minimum absolute atomic E-state index is 0.0803. The van der Waals surface area contributed by atoms with E-state index in [9.17, 15) is 14.4 Å². The lowest BCUT2D eigenvalue weighted by Gasteiger charge is -2.33. The second kappa shape index (κ2) is 6.12. The van der Waals surface area contributed by atoms with Gasteiger partial charge in [-0.15, -0.1) is 0 Å². The van der Waals surface area contributed by atoms with Crippen molar-refractivity contribution >= 4 is 23.4 Å². The summed E-state index contributed by atoms with van der Waals surface area (Å²) in [6.07, 6.45) is 1.32. The normalized spacial score (nSPS) is 30.3. The molecule has 0 bridgehead atoms. The first kappa shape index (κ1) is 15.7. The molecular formula is C17H20N2O4. The monoisotopic (exact) mass is 316 g/mol. The van der Waals surface area contributed by atoms with E-state index in [1.165, 1.54) is 12.0 Å². The lowest BCUT2D eigenvalue weighted by atomic mass is 9.68. The van der Waals surface area contributed by atoms with Gasteiger partial charge in [0, 0.05) is 0 Å². The molecule has 3 rings (SSSR count). The van der Waals surface area contributed by atoms with Crippen LogP contribution in [0.3, 0.4) is 0 Å².